The fourth-order valence-corrected chi connectivity index (χ4v) is 5.66. The fourth-order valence-electron chi connectivity index (χ4n) is 5.66. The molecule has 31 heavy (non-hydrogen) atoms. The van der Waals surface area contributed by atoms with Gasteiger partial charge in [0.1, 0.15) is 0 Å². The second-order valence-electron chi connectivity index (χ2n) is 8.45. The van der Waals surface area contributed by atoms with Gasteiger partial charge in [0, 0.05) is 11.6 Å². The number of benzene rings is 3. The smallest absolute Gasteiger partial charge is 0.240 e. The van der Waals surface area contributed by atoms with Crippen LogP contribution in [0.5, 0.6) is 0 Å². The van der Waals surface area contributed by atoms with E-state index in [1.165, 1.54) is 11.8 Å². The minimum absolute atomic E-state index is 0.0950. The molecule has 2 fully saturated rings. The largest absolute Gasteiger partial charge is 0.359 e. The average molecular weight is 408 g/mol. The monoisotopic (exact) mass is 408 g/mol. The number of carbonyl (C=O) groups excluding carboxylic acids is 3. The predicted octanol–water partition coefficient (Wildman–Crippen LogP) is 3.94. The standard InChI is InChI=1S/C26H20N2O3/c1-15(29)23-21-22(24-19-11-5-3-8-17(19)13-14-27(23)24)26(31)28(25(21)30)20-12-6-9-16-7-2-4-10-18(16)20/h2-14,21-24H,1H3. The van der Waals surface area contributed by atoms with E-state index in [-0.39, 0.29) is 23.6 Å². The molecule has 5 heteroatoms. The molecule has 0 spiro atoms. The summed E-state index contributed by atoms with van der Waals surface area (Å²) in [5.74, 6) is -1.89. The topological polar surface area (TPSA) is 57.7 Å². The van der Waals surface area contributed by atoms with Crippen molar-refractivity contribution in [1.29, 1.82) is 0 Å². The molecule has 3 aromatic carbocycles. The lowest BCUT2D eigenvalue weighted by atomic mass is 9.84. The van der Waals surface area contributed by atoms with Gasteiger partial charge in [-0.25, -0.2) is 4.90 Å². The van der Waals surface area contributed by atoms with Gasteiger partial charge < -0.3 is 4.90 Å². The van der Waals surface area contributed by atoms with Crippen LogP contribution < -0.4 is 4.90 Å². The molecule has 5 nitrogen and oxygen atoms in total. The minimum atomic E-state index is -0.690. The minimum Gasteiger partial charge on any atom is -0.359 e. The Labute approximate surface area is 179 Å². The fraction of sp³-hybridized carbons (Fsp3) is 0.192. The molecule has 4 unspecified atom stereocenters. The molecule has 0 saturated carbocycles. The van der Waals surface area contributed by atoms with Crippen LogP contribution in [0.2, 0.25) is 0 Å². The summed E-state index contributed by atoms with van der Waals surface area (Å²) in [6, 6.07) is 20.3. The van der Waals surface area contributed by atoms with E-state index in [1.54, 1.807) is 0 Å². The zero-order valence-electron chi connectivity index (χ0n) is 16.9. The molecule has 0 bridgehead atoms. The van der Waals surface area contributed by atoms with Crippen molar-refractivity contribution < 1.29 is 14.4 Å². The number of ketones is 1. The molecule has 0 aromatic heterocycles. The van der Waals surface area contributed by atoms with Crippen LogP contribution in [-0.4, -0.2) is 28.5 Å². The van der Waals surface area contributed by atoms with Crippen molar-refractivity contribution in [2.75, 3.05) is 4.90 Å². The van der Waals surface area contributed by atoms with E-state index in [4.69, 9.17) is 0 Å². The van der Waals surface area contributed by atoms with Gasteiger partial charge in [0.15, 0.2) is 5.78 Å². The van der Waals surface area contributed by atoms with Gasteiger partial charge in [-0.1, -0.05) is 60.7 Å². The first kappa shape index (κ1) is 18.1. The third-order valence-corrected chi connectivity index (χ3v) is 6.89. The van der Waals surface area contributed by atoms with Gasteiger partial charge in [0.25, 0.3) is 0 Å². The van der Waals surface area contributed by atoms with Crippen molar-refractivity contribution >= 4 is 40.1 Å². The maximum Gasteiger partial charge on any atom is 0.240 e. The molecular weight excluding hydrogens is 388 g/mol. The van der Waals surface area contributed by atoms with E-state index in [1.807, 2.05) is 83.9 Å². The summed E-state index contributed by atoms with van der Waals surface area (Å²) in [4.78, 5) is 43.5. The number of carbonyl (C=O) groups is 3. The Kier molecular flexibility index (Phi) is 3.72. The molecule has 0 N–H and O–H groups in total. The lowest BCUT2D eigenvalue weighted by Crippen LogP contribution is -2.43. The number of amides is 2. The van der Waals surface area contributed by atoms with Gasteiger partial charge in [0.2, 0.25) is 11.8 Å². The number of fused-ring (bicyclic) bond motifs is 6. The summed E-state index contributed by atoms with van der Waals surface area (Å²) in [7, 11) is 0. The second kappa shape index (κ2) is 6.38. The summed E-state index contributed by atoms with van der Waals surface area (Å²) in [6.45, 7) is 1.51. The Bertz CT molecular complexity index is 1310. The molecule has 3 aromatic rings. The van der Waals surface area contributed by atoms with Crippen molar-refractivity contribution in [3.8, 4) is 0 Å². The molecule has 0 radical (unpaired) electrons. The average Bonchev–Trinajstić information content (AvgIpc) is 3.26. The van der Waals surface area contributed by atoms with Crippen molar-refractivity contribution in [2.24, 2.45) is 11.8 Å². The quantitative estimate of drug-likeness (QED) is 0.603. The zero-order valence-corrected chi connectivity index (χ0v) is 16.9. The summed E-state index contributed by atoms with van der Waals surface area (Å²) in [5.41, 5.74) is 2.61. The van der Waals surface area contributed by atoms with Gasteiger partial charge >= 0.3 is 0 Å². The van der Waals surface area contributed by atoms with Crippen LogP contribution in [0.3, 0.4) is 0 Å². The van der Waals surface area contributed by atoms with Gasteiger partial charge in [-0.05, 0) is 35.6 Å². The first-order valence-electron chi connectivity index (χ1n) is 10.5. The third kappa shape index (κ3) is 2.34. The Balaban J connectivity index is 1.53. The lowest BCUT2D eigenvalue weighted by molar-refractivity contribution is -0.128. The molecule has 3 heterocycles. The van der Waals surface area contributed by atoms with E-state index >= 15 is 0 Å². The Morgan fingerprint density at radius 2 is 1.55 bits per heavy atom. The van der Waals surface area contributed by atoms with Gasteiger partial charge in [-0.2, -0.15) is 0 Å². The number of imide groups is 1. The molecule has 4 atom stereocenters. The van der Waals surface area contributed by atoms with Crippen LogP contribution in [0, 0.1) is 11.8 Å². The van der Waals surface area contributed by atoms with Crippen LogP contribution in [-0.2, 0) is 14.4 Å². The first-order valence-corrected chi connectivity index (χ1v) is 10.5. The summed E-state index contributed by atoms with van der Waals surface area (Å²) in [6.07, 6.45) is 3.83. The normalized spacial score (nSPS) is 26.2. The Morgan fingerprint density at radius 3 is 2.39 bits per heavy atom. The van der Waals surface area contributed by atoms with Crippen LogP contribution in [0.4, 0.5) is 5.69 Å². The number of rotatable bonds is 2. The molecular formula is C26H20N2O3. The Morgan fingerprint density at radius 1 is 0.839 bits per heavy atom. The van der Waals surface area contributed by atoms with E-state index in [9.17, 15) is 14.4 Å². The Hall–Kier alpha value is -3.73. The second-order valence-corrected chi connectivity index (χ2v) is 8.45. The van der Waals surface area contributed by atoms with Crippen molar-refractivity contribution in [1.82, 2.24) is 4.90 Å². The van der Waals surface area contributed by atoms with Gasteiger partial charge in [0.05, 0.1) is 29.6 Å². The molecule has 3 aliphatic heterocycles. The van der Waals surface area contributed by atoms with Crippen molar-refractivity contribution in [2.45, 2.75) is 19.0 Å². The first-order chi connectivity index (χ1) is 15.1. The maximum atomic E-state index is 13.8. The molecule has 6 rings (SSSR count). The summed E-state index contributed by atoms with van der Waals surface area (Å²) < 4.78 is 0. The highest BCUT2D eigenvalue weighted by atomic mass is 16.2. The molecule has 2 amide bonds. The highest BCUT2D eigenvalue weighted by Gasteiger charge is 2.64. The van der Waals surface area contributed by atoms with E-state index in [0.717, 1.165) is 21.9 Å². The molecule has 2 saturated heterocycles. The number of hydrogen-bond donors (Lipinski definition) is 0. The third-order valence-electron chi connectivity index (χ3n) is 6.89. The maximum absolute atomic E-state index is 13.8. The van der Waals surface area contributed by atoms with Crippen LogP contribution in [0.15, 0.2) is 72.9 Å². The van der Waals surface area contributed by atoms with Crippen LogP contribution in [0.1, 0.15) is 24.1 Å². The number of anilines is 1. The van der Waals surface area contributed by atoms with Gasteiger partial charge in [-0.3, -0.25) is 14.4 Å². The highest BCUT2D eigenvalue weighted by Crippen LogP contribution is 2.53. The van der Waals surface area contributed by atoms with E-state index < -0.39 is 17.9 Å². The SMILES string of the molecule is CC(=O)C1C2C(=O)N(c3cccc4ccccc34)C(=O)C2C2c3ccccc3C=CN12. The number of nitrogens with zero attached hydrogens (tertiary/aromatic N) is 2. The van der Waals surface area contributed by atoms with Crippen LogP contribution >= 0.6 is 0 Å². The molecule has 152 valence electrons. The van der Waals surface area contributed by atoms with Crippen molar-refractivity contribution in [3.05, 3.63) is 84.1 Å². The highest BCUT2D eigenvalue weighted by molar-refractivity contribution is 6.26. The molecule has 0 aliphatic carbocycles. The van der Waals surface area contributed by atoms with Gasteiger partial charge in [-0.15, -0.1) is 0 Å². The lowest BCUT2D eigenvalue weighted by Gasteiger charge is -2.35. The van der Waals surface area contributed by atoms with Crippen LogP contribution in [0.25, 0.3) is 16.8 Å². The molecule has 3 aliphatic rings. The number of hydrogen-bond acceptors (Lipinski definition) is 4. The van der Waals surface area contributed by atoms with E-state index in [2.05, 4.69) is 0 Å². The summed E-state index contributed by atoms with van der Waals surface area (Å²) >= 11 is 0. The predicted molar refractivity (Wildman–Crippen MR) is 118 cm³/mol. The van der Waals surface area contributed by atoms with E-state index in [0.29, 0.717) is 5.69 Å². The number of Topliss-reactive ketones (excluding diaryl/α,β-unsaturated/α-hetero) is 1. The van der Waals surface area contributed by atoms with Crippen molar-refractivity contribution in [3.63, 3.8) is 0 Å². The summed E-state index contributed by atoms with van der Waals surface area (Å²) in [5, 5.41) is 1.82. The zero-order chi connectivity index (χ0) is 21.3.